The van der Waals surface area contributed by atoms with Crippen LogP contribution in [0.2, 0.25) is 0 Å². The summed E-state index contributed by atoms with van der Waals surface area (Å²) in [4.78, 5) is 66.8. The van der Waals surface area contributed by atoms with Crippen molar-refractivity contribution >= 4 is 58.8 Å². The highest BCUT2D eigenvalue weighted by Gasteiger charge is 2.26. The summed E-state index contributed by atoms with van der Waals surface area (Å²) in [5.74, 6) is -1.78. The number of nitrogens with zero attached hydrogens (tertiary/aromatic N) is 1. The molecule has 0 bridgehead atoms. The van der Waals surface area contributed by atoms with Crippen molar-refractivity contribution in [1.29, 1.82) is 0 Å². The van der Waals surface area contributed by atoms with Gasteiger partial charge in [-0.05, 0) is 70.6 Å². The first-order chi connectivity index (χ1) is 20.0. The van der Waals surface area contributed by atoms with Gasteiger partial charge in [0.2, 0.25) is 17.7 Å². The molecule has 0 spiro atoms. The van der Waals surface area contributed by atoms with Crippen molar-refractivity contribution in [3.8, 4) is 0 Å². The van der Waals surface area contributed by atoms with Crippen LogP contribution in [0, 0.1) is 12.8 Å². The quantitative estimate of drug-likeness (QED) is 0.0817. The van der Waals surface area contributed by atoms with Gasteiger partial charge in [0, 0.05) is 29.8 Å². The lowest BCUT2D eigenvalue weighted by atomic mass is 10.0. The fourth-order valence-corrected chi connectivity index (χ4v) is 4.09. The fourth-order valence-electron chi connectivity index (χ4n) is 4.09. The summed E-state index contributed by atoms with van der Waals surface area (Å²) in [6.45, 7) is 10.5. The second-order valence-corrected chi connectivity index (χ2v) is 11.6. The van der Waals surface area contributed by atoms with Crippen LogP contribution in [0.25, 0.3) is 11.0 Å². The van der Waals surface area contributed by atoms with E-state index in [1.807, 2.05) is 13.8 Å². The van der Waals surface area contributed by atoms with Crippen LogP contribution < -0.4 is 38.4 Å². The Labute approximate surface area is 262 Å². The Balaban J connectivity index is 0.00000968. The molecule has 0 saturated heterocycles. The molecule has 2 rings (SSSR count). The Morgan fingerprint density at radius 2 is 1.70 bits per heavy atom. The van der Waals surface area contributed by atoms with Gasteiger partial charge in [-0.2, -0.15) is 0 Å². The van der Waals surface area contributed by atoms with Crippen LogP contribution in [0.3, 0.4) is 0 Å². The summed E-state index contributed by atoms with van der Waals surface area (Å²) in [6.07, 6.45) is 0.108. The van der Waals surface area contributed by atoms with E-state index in [-0.39, 0.29) is 37.3 Å². The van der Waals surface area contributed by atoms with E-state index in [1.165, 1.54) is 12.1 Å². The van der Waals surface area contributed by atoms with E-state index in [0.717, 1.165) is 5.56 Å². The smallest absolute Gasteiger partial charge is 0.408 e. The third kappa shape index (κ3) is 13.3. The van der Waals surface area contributed by atoms with E-state index in [9.17, 15) is 24.0 Å². The molecule has 1 heterocycles. The number of fused-ring (bicyclic) bond motifs is 1. The highest BCUT2D eigenvalue weighted by molar-refractivity contribution is 5.99. The van der Waals surface area contributed by atoms with Gasteiger partial charge in [0.15, 0.2) is 5.96 Å². The number of rotatable bonds is 13. The average molecular weight is 638 g/mol. The number of nitrogens with one attached hydrogen (secondary N) is 4. The minimum atomic E-state index is -1.01. The molecule has 4 amide bonds. The number of aliphatic imine (C=N–C) groups is 1. The molecule has 14 nitrogen and oxygen atoms in total. The van der Waals surface area contributed by atoms with Crippen LogP contribution in [0.1, 0.15) is 59.4 Å². The van der Waals surface area contributed by atoms with Crippen molar-refractivity contribution < 1.29 is 28.3 Å². The molecule has 2 aromatic rings. The number of guanidine groups is 1. The SMILES string of the molecule is Cc1cc(=O)oc2cc(NC(=O)[C@H](CCCN=C(N)N)NC(=O)CNC(=O)[C@H](CC(C)C)NC(=O)OC(C)(C)C)ccc12.Cl. The molecule has 8 N–H and O–H groups in total. The number of hydrogen-bond donors (Lipinski definition) is 6. The van der Waals surface area contributed by atoms with Crippen LogP contribution in [0.5, 0.6) is 0 Å². The van der Waals surface area contributed by atoms with Crippen molar-refractivity contribution in [2.45, 2.75) is 78.5 Å². The first-order valence-corrected chi connectivity index (χ1v) is 14.0. The van der Waals surface area contributed by atoms with Crippen LogP contribution >= 0.6 is 12.4 Å². The lowest BCUT2D eigenvalue weighted by Crippen LogP contribution is -2.52. The fraction of sp³-hybridized carbons (Fsp3) is 0.517. The van der Waals surface area contributed by atoms with Crippen molar-refractivity contribution in [2.24, 2.45) is 22.4 Å². The average Bonchev–Trinajstić information content (AvgIpc) is 2.86. The molecule has 44 heavy (non-hydrogen) atoms. The normalized spacial score (nSPS) is 12.3. The van der Waals surface area contributed by atoms with E-state index < -0.39 is 53.7 Å². The molecular weight excluding hydrogens is 594 g/mol. The second-order valence-electron chi connectivity index (χ2n) is 11.6. The van der Waals surface area contributed by atoms with Gasteiger partial charge in [0.25, 0.3) is 0 Å². The number of nitrogens with two attached hydrogens (primary N) is 2. The van der Waals surface area contributed by atoms with Crippen LogP contribution in [-0.4, -0.2) is 60.5 Å². The van der Waals surface area contributed by atoms with Crippen molar-refractivity contribution in [1.82, 2.24) is 16.0 Å². The summed E-state index contributed by atoms with van der Waals surface area (Å²) >= 11 is 0. The van der Waals surface area contributed by atoms with E-state index in [2.05, 4.69) is 26.3 Å². The molecule has 0 unspecified atom stereocenters. The van der Waals surface area contributed by atoms with Crippen molar-refractivity contribution in [3.05, 3.63) is 40.2 Å². The zero-order chi connectivity index (χ0) is 32.3. The predicted octanol–water partition coefficient (Wildman–Crippen LogP) is 2.06. The van der Waals surface area contributed by atoms with E-state index in [0.29, 0.717) is 29.5 Å². The zero-order valence-corrected chi connectivity index (χ0v) is 26.8. The maximum absolute atomic E-state index is 13.2. The summed E-state index contributed by atoms with van der Waals surface area (Å²) in [5.41, 5.74) is 10.9. The number of carbonyl (C=O) groups is 4. The third-order valence-corrected chi connectivity index (χ3v) is 5.95. The summed E-state index contributed by atoms with van der Waals surface area (Å²) in [7, 11) is 0. The molecule has 1 aromatic heterocycles. The number of benzene rings is 1. The molecule has 0 aliphatic carbocycles. The van der Waals surface area contributed by atoms with Gasteiger partial charge in [0.1, 0.15) is 23.3 Å². The summed E-state index contributed by atoms with van der Waals surface area (Å²) < 4.78 is 10.5. The number of anilines is 1. The van der Waals surface area contributed by atoms with E-state index >= 15 is 0 Å². The van der Waals surface area contributed by atoms with Gasteiger partial charge >= 0.3 is 11.7 Å². The molecule has 0 aliphatic heterocycles. The Kier molecular flexibility index (Phi) is 14.6. The number of ether oxygens (including phenoxy) is 1. The molecule has 244 valence electrons. The Hall–Kier alpha value is -4.33. The van der Waals surface area contributed by atoms with Gasteiger partial charge in [-0.1, -0.05) is 13.8 Å². The van der Waals surface area contributed by atoms with Crippen LogP contribution in [-0.2, 0) is 19.1 Å². The molecule has 1 aromatic carbocycles. The Morgan fingerprint density at radius 3 is 2.32 bits per heavy atom. The molecule has 2 atom stereocenters. The van der Waals surface area contributed by atoms with Gasteiger partial charge in [-0.15, -0.1) is 12.4 Å². The largest absolute Gasteiger partial charge is 0.444 e. The predicted molar refractivity (Wildman–Crippen MR) is 171 cm³/mol. The summed E-state index contributed by atoms with van der Waals surface area (Å²) in [6, 6.07) is 4.32. The van der Waals surface area contributed by atoms with Gasteiger partial charge in [-0.25, -0.2) is 9.59 Å². The number of halogens is 1. The van der Waals surface area contributed by atoms with Crippen molar-refractivity contribution in [3.63, 3.8) is 0 Å². The minimum Gasteiger partial charge on any atom is -0.444 e. The Morgan fingerprint density at radius 1 is 1.02 bits per heavy atom. The maximum Gasteiger partial charge on any atom is 0.408 e. The maximum atomic E-state index is 13.2. The van der Waals surface area contributed by atoms with Crippen LogP contribution in [0.4, 0.5) is 10.5 Å². The monoisotopic (exact) mass is 637 g/mol. The van der Waals surface area contributed by atoms with E-state index in [4.69, 9.17) is 20.6 Å². The summed E-state index contributed by atoms with van der Waals surface area (Å²) in [5, 5.41) is 11.1. The number of aryl methyl sites for hydroxylation is 1. The number of amides is 4. The lowest BCUT2D eigenvalue weighted by Gasteiger charge is -2.24. The third-order valence-electron chi connectivity index (χ3n) is 5.95. The lowest BCUT2D eigenvalue weighted by molar-refractivity contribution is -0.129. The minimum absolute atomic E-state index is 0. The number of alkyl carbamates (subject to hydrolysis) is 1. The highest BCUT2D eigenvalue weighted by atomic mass is 35.5. The van der Waals surface area contributed by atoms with Gasteiger partial charge in [-0.3, -0.25) is 19.4 Å². The Bertz CT molecular complexity index is 1400. The number of carbonyl (C=O) groups excluding carboxylic acids is 4. The molecule has 0 radical (unpaired) electrons. The second kappa shape index (κ2) is 17.1. The molecule has 0 saturated carbocycles. The molecule has 0 aliphatic rings. The van der Waals surface area contributed by atoms with E-state index in [1.54, 1.807) is 39.8 Å². The van der Waals surface area contributed by atoms with Gasteiger partial charge in [0.05, 0.1) is 6.54 Å². The number of hydrogen-bond acceptors (Lipinski definition) is 8. The molecule has 0 fully saturated rings. The highest BCUT2D eigenvalue weighted by Crippen LogP contribution is 2.21. The van der Waals surface area contributed by atoms with Crippen molar-refractivity contribution in [2.75, 3.05) is 18.4 Å². The topological polar surface area (TPSA) is 220 Å². The first kappa shape index (κ1) is 37.7. The molecule has 15 heteroatoms. The standard InChI is InChI=1S/C29H43N7O7.ClH/c1-16(2)12-21(36-28(41)43-29(4,5)6)25(39)33-15-23(37)35-20(8-7-11-32-27(30)31)26(40)34-18-9-10-19-17(3)13-24(38)42-22(19)14-18;/h9-10,13-14,16,20-21H,7-8,11-12,15H2,1-6H3,(H,33,39)(H,34,40)(H,35,37)(H,36,41)(H4,30,31,32);1H/t20-,21-;/m0./s1. The van der Waals surface area contributed by atoms with Crippen LogP contribution in [0.15, 0.2) is 38.5 Å². The van der Waals surface area contributed by atoms with Gasteiger partial charge < -0.3 is 41.9 Å². The zero-order valence-electron chi connectivity index (χ0n) is 25.9. The molecular formula is C29H44ClN7O7. The first-order valence-electron chi connectivity index (χ1n) is 14.0.